The number of carbonyl (C=O) groups excluding carboxylic acids is 2. The first kappa shape index (κ1) is 52.0. The van der Waals surface area contributed by atoms with Crippen molar-refractivity contribution < 1.29 is 50.5 Å². The van der Waals surface area contributed by atoms with Crippen LogP contribution in [0.2, 0.25) is 0 Å². The molecule has 0 saturated heterocycles. The SMILES string of the molecule is CCCCCCCCCCCCCCCC(=O)Nc1cc(Oc2ccc(N=Nc3c(S(=O)(=O)O)cc4cc(S(=O)(=O)O)cc(NC(C)=O)c4c3O)cc2)ccc1O.[Na].[Na]. The molecule has 0 aliphatic carbocycles. The molecule has 6 N–H and O–H groups in total. The summed E-state index contributed by atoms with van der Waals surface area (Å²) in [5, 5.41) is 33.8. The monoisotopic (exact) mass is 872 g/mol. The van der Waals surface area contributed by atoms with Gasteiger partial charge in [-0.2, -0.15) is 21.9 Å². The zero-order chi connectivity index (χ0) is 41.6. The largest absolute Gasteiger partial charge is 0.506 e. The van der Waals surface area contributed by atoms with Gasteiger partial charge in [0.2, 0.25) is 11.8 Å². The van der Waals surface area contributed by atoms with Crippen LogP contribution in [0.4, 0.5) is 22.7 Å². The summed E-state index contributed by atoms with van der Waals surface area (Å²) in [4.78, 5) is 22.8. The van der Waals surface area contributed by atoms with Gasteiger partial charge in [0.05, 0.1) is 22.0 Å². The molecule has 0 atom stereocenters. The van der Waals surface area contributed by atoms with E-state index in [1.807, 2.05) is 0 Å². The number of unbranched alkanes of at least 4 members (excludes halogenated alkanes) is 12. The number of amides is 2. The molecule has 0 bridgehead atoms. The molecule has 59 heavy (non-hydrogen) atoms. The molecular weight excluding hydrogens is 823 g/mol. The Morgan fingerprint density at radius 3 is 1.76 bits per heavy atom. The summed E-state index contributed by atoms with van der Waals surface area (Å²) >= 11 is 0. The van der Waals surface area contributed by atoms with Gasteiger partial charge in [-0.1, -0.05) is 84.0 Å². The average molecular weight is 873 g/mol. The number of ether oxygens (including phenoxy) is 1. The number of carbonyl (C=O) groups is 2. The Kier molecular flexibility index (Phi) is 22.0. The summed E-state index contributed by atoms with van der Waals surface area (Å²) in [6, 6.07) is 12.8. The van der Waals surface area contributed by atoms with Gasteiger partial charge < -0.3 is 25.6 Å². The van der Waals surface area contributed by atoms with E-state index >= 15 is 0 Å². The second kappa shape index (κ2) is 25.0. The molecule has 2 amide bonds. The predicted octanol–water partition coefficient (Wildman–Crippen LogP) is 9.57. The van der Waals surface area contributed by atoms with Crippen molar-refractivity contribution >= 4 is 125 Å². The van der Waals surface area contributed by atoms with E-state index in [0.29, 0.717) is 17.9 Å². The van der Waals surface area contributed by atoms with E-state index < -0.39 is 47.4 Å². The molecule has 0 unspecified atom stereocenters. The van der Waals surface area contributed by atoms with Crippen molar-refractivity contribution in [2.75, 3.05) is 10.6 Å². The molecular formula is C40H50N4Na2O11S2. The Hall–Kier alpha value is -3.10. The summed E-state index contributed by atoms with van der Waals surface area (Å²) in [7, 11) is -9.92. The Balaban J connectivity index is 0.00000600. The first-order chi connectivity index (χ1) is 27.1. The molecule has 4 aromatic rings. The number of anilines is 2. The zero-order valence-corrected chi connectivity index (χ0v) is 39.7. The number of hydrogen-bond acceptors (Lipinski definition) is 11. The number of rotatable bonds is 22. The van der Waals surface area contributed by atoms with Gasteiger partial charge in [0.1, 0.15) is 27.8 Å². The van der Waals surface area contributed by atoms with Crippen LogP contribution in [0.15, 0.2) is 80.7 Å². The Morgan fingerprint density at radius 1 is 0.661 bits per heavy atom. The molecule has 2 radical (unpaired) electrons. The van der Waals surface area contributed by atoms with Crippen LogP contribution in [0, 0.1) is 0 Å². The molecule has 0 aromatic heterocycles. The second-order valence-corrected chi connectivity index (χ2v) is 16.6. The van der Waals surface area contributed by atoms with Crippen molar-refractivity contribution in [3.8, 4) is 23.0 Å². The summed E-state index contributed by atoms with van der Waals surface area (Å²) in [6.45, 7) is 3.33. The fourth-order valence-corrected chi connectivity index (χ4v) is 7.41. The van der Waals surface area contributed by atoms with Crippen molar-refractivity contribution in [1.82, 2.24) is 0 Å². The molecule has 15 nitrogen and oxygen atoms in total. The maximum absolute atomic E-state index is 12.6. The molecule has 0 aliphatic heterocycles. The average Bonchev–Trinajstić information content (AvgIpc) is 3.13. The summed E-state index contributed by atoms with van der Waals surface area (Å²) in [5.41, 5.74) is -0.668. The van der Waals surface area contributed by atoms with Crippen molar-refractivity contribution in [1.29, 1.82) is 0 Å². The van der Waals surface area contributed by atoms with Gasteiger partial charge in [-0.25, -0.2) is 0 Å². The van der Waals surface area contributed by atoms with Crippen LogP contribution >= 0.6 is 0 Å². The molecule has 0 spiro atoms. The van der Waals surface area contributed by atoms with Crippen molar-refractivity contribution in [3.05, 3.63) is 60.7 Å². The van der Waals surface area contributed by atoms with E-state index in [9.17, 15) is 45.7 Å². The van der Waals surface area contributed by atoms with Gasteiger partial charge in [0, 0.05) is 83.9 Å². The normalized spacial score (nSPS) is 11.5. The molecule has 310 valence electrons. The van der Waals surface area contributed by atoms with Gasteiger partial charge in [0.25, 0.3) is 20.2 Å². The summed E-state index contributed by atoms with van der Waals surface area (Å²) < 4.78 is 73.7. The minimum Gasteiger partial charge on any atom is -0.506 e. The van der Waals surface area contributed by atoms with E-state index in [1.165, 1.54) is 100 Å². The van der Waals surface area contributed by atoms with E-state index in [4.69, 9.17) is 4.74 Å². The Labute approximate surface area is 389 Å². The first-order valence-electron chi connectivity index (χ1n) is 19.0. The van der Waals surface area contributed by atoms with Crippen LogP contribution in [0.25, 0.3) is 10.8 Å². The van der Waals surface area contributed by atoms with Gasteiger partial charge in [0.15, 0.2) is 5.75 Å². The van der Waals surface area contributed by atoms with E-state index in [-0.39, 0.29) is 98.6 Å². The van der Waals surface area contributed by atoms with Gasteiger partial charge in [-0.15, -0.1) is 5.11 Å². The fourth-order valence-electron chi connectivity index (χ4n) is 6.21. The maximum Gasteiger partial charge on any atom is 0.296 e. The molecule has 0 aliphatic rings. The number of nitrogens with zero attached hydrogens (tertiary/aromatic N) is 2. The minimum absolute atomic E-state index is 0. The number of hydrogen-bond donors (Lipinski definition) is 6. The van der Waals surface area contributed by atoms with Crippen LogP contribution in [-0.4, -0.2) is 107 Å². The van der Waals surface area contributed by atoms with Crippen molar-refractivity contribution in [2.45, 2.75) is 114 Å². The van der Waals surface area contributed by atoms with Crippen LogP contribution in [-0.2, 0) is 29.8 Å². The van der Waals surface area contributed by atoms with Gasteiger partial charge >= 0.3 is 0 Å². The predicted molar refractivity (Wildman–Crippen MR) is 229 cm³/mol. The number of phenolic OH excluding ortho intramolecular Hbond substituents is 2. The van der Waals surface area contributed by atoms with E-state index in [1.54, 1.807) is 0 Å². The number of azo groups is 1. The molecule has 0 heterocycles. The van der Waals surface area contributed by atoms with Gasteiger partial charge in [-0.3, -0.25) is 18.7 Å². The molecule has 19 heteroatoms. The Bertz CT molecular complexity index is 2290. The van der Waals surface area contributed by atoms with E-state index in [2.05, 4.69) is 27.8 Å². The van der Waals surface area contributed by atoms with Crippen molar-refractivity contribution in [2.24, 2.45) is 10.2 Å². The quantitative estimate of drug-likeness (QED) is 0.0143. The fraction of sp³-hybridized carbons (Fsp3) is 0.400. The van der Waals surface area contributed by atoms with Crippen LogP contribution in [0.3, 0.4) is 0 Å². The Morgan fingerprint density at radius 2 is 1.22 bits per heavy atom. The zero-order valence-electron chi connectivity index (χ0n) is 34.0. The number of benzene rings is 4. The maximum atomic E-state index is 12.6. The first-order valence-corrected chi connectivity index (χ1v) is 21.8. The number of phenols is 2. The second-order valence-electron chi connectivity index (χ2n) is 13.8. The smallest absolute Gasteiger partial charge is 0.296 e. The minimum atomic E-state index is -5.08. The van der Waals surface area contributed by atoms with Crippen LogP contribution in [0.1, 0.15) is 104 Å². The summed E-state index contributed by atoms with van der Waals surface area (Å²) in [6.07, 6.45) is 16.0. The molecule has 0 fully saturated rings. The number of nitrogens with one attached hydrogen (secondary N) is 2. The standard InChI is InChI=1S/C40H50N4O11S2.2Na/c1-3-4-5-6-7-8-9-10-11-12-13-14-15-16-37(47)42-33-25-31(21-22-35(33)46)55-30-19-17-29(18-20-30)43-44-39-36(57(52,53)54)24-28-23-32(56(49,50)51)26-34(41-27(2)45)38(28)40(39)48;;/h17-26,46,48H,3-16H2,1-2H3,(H,41,45)(H,42,47)(H,49,50,51)(H,52,53,54);;. The number of fused-ring (bicyclic) bond motifs is 1. The van der Waals surface area contributed by atoms with Crippen LogP contribution in [0.5, 0.6) is 23.0 Å². The van der Waals surface area contributed by atoms with Crippen molar-refractivity contribution in [3.63, 3.8) is 0 Å². The van der Waals surface area contributed by atoms with Crippen LogP contribution < -0.4 is 15.4 Å². The molecule has 4 aromatic carbocycles. The third-order valence-electron chi connectivity index (χ3n) is 9.10. The third-order valence-corrected chi connectivity index (χ3v) is 10.8. The van der Waals surface area contributed by atoms with Gasteiger partial charge in [-0.05, 0) is 66.4 Å². The molecule has 0 saturated carbocycles. The third kappa shape index (κ3) is 16.7. The number of aromatic hydroxyl groups is 2. The molecule has 4 rings (SSSR count). The van der Waals surface area contributed by atoms with E-state index in [0.717, 1.165) is 50.8 Å². The summed E-state index contributed by atoms with van der Waals surface area (Å²) in [5.74, 6) is -1.25. The topological polar surface area (TPSA) is 241 Å².